The first-order valence-corrected chi connectivity index (χ1v) is 12.4. The summed E-state index contributed by atoms with van der Waals surface area (Å²) in [6.45, 7) is -0.130. The number of fused-ring (bicyclic) bond motifs is 1. The minimum atomic E-state index is -4.18. The molecule has 0 saturated carbocycles. The average molecular weight is 531 g/mol. The van der Waals surface area contributed by atoms with Gasteiger partial charge in [0.25, 0.3) is 15.6 Å². The zero-order valence-corrected chi connectivity index (χ0v) is 19.8. The molecular weight excluding hydrogens is 510 g/mol. The predicted molar refractivity (Wildman–Crippen MR) is 128 cm³/mol. The first-order chi connectivity index (χ1) is 17.6. The summed E-state index contributed by atoms with van der Waals surface area (Å²) in [6, 6.07) is 13.8. The fourth-order valence-corrected chi connectivity index (χ4v) is 4.75. The molecule has 4 rings (SSSR count). The van der Waals surface area contributed by atoms with E-state index in [1.807, 2.05) is 0 Å². The summed E-state index contributed by atoms with van der Waals surface area (Å²) < 4.78 is 54.8. The number of hydrogen-bond donors (Lipinski definition) is 3. The summed E-state index contributed by atoms with van der Waals surface area (Å²) in [5.74, 6) is -5.03. The molecule has 3 aromatic carbocycles. The molecule has 0 spiro atoms. The zero-order valence-electron chi connectivity index (χ0n) is 19.0. The maximum absolute atomic E-state index is 13.4. The van der Waals surface area contributed by atoms with E-state index in [0.29, 0.717) is 17.0 Å². The van der Waals surface area contributed by atoms with Gasteiger partial charge in [-0.1, -0.05) is 29.5 Å². The summed E-state index contributed by atoms with van der Waals surface area (Å²) in [4.78, 5) is 24.2. The number of aliphatic carboxylic acids is 1. The molecule has 37 heavy (non-hydrogen) atoms. The van der Waals surface area contributed by atoms with Crippen molar-refractivity contribution < 1.29 is 32.2 Å². The van der Waals surface area contributed by atoms with Gasteiger partial charge in [0.15, 0.2) is 11.6 Å². The molecule has 0 aliphatic carbocycles. The molecule has 0 amide bonds. The second kappa shape index (κ2) is 10.4. The van der Waals surface area contributed by atoms with E-state index in [0.717, 1.165) is 28.9 Å². The van der Waals surface area contributed by atoms with Crippen molar-refractivity contribution in [1.29, 1.82) is 0 Å². The Bertz CT molecular complexity index is 1630. The molecule has 3 N–H and O–H groups in total. The molecule has 0 aliphatic heterocycles. The highest BCUT2D eigenvalue weighted by Crippen LogP contribution is 2.27. The number of carbonyl (C=O) groups is 1. The number of aromatic nitrogens is 3. The van der Waals surface area contributed by atoms with Crippen LogP contribution in [0.4, 0.5) is 14.5 Å². The second-order valence-electron chi connectivity index (χ2n) is 8.12. The molecule has 0 saturated heterocycles. The van der Waals surface area contributed by atoms with Gasteiger partial charge in [0.1, 0.15) is 5.52 Å². The highest BCUT2D eigenvalue weighted by atomic mass is 32.2. The monoisotopic (exact) mass is 530 g/mol. The molecular formula is C24H20F2N4O6S. The summed E-state index contributed by atoms with van der Waals surface area (Å²) in [5, 5.41) is 28.4. The van der Waals surface area contributed by atoms with Crippen LogP contribution in [0.5, 0.6) is 0 Å². The zero-order chi connectivity index (χ0) is 26.7. The first kappa shape index (κ1) is 25.9. The summed E-state index contributed by atoms with van der Waals surface area (Å²) in [5.41, 5.74) is -0.128. The summed E-state index contributed by atoms with van der Waals surface area (Å²) >= 11 is 0. The molecule has 0 unspecified atom stereocenters. The third kappa shape index (κ3) is 5.62. The number of aryl methyl sites for hydroxylation is 1. The quantitative estimate of drug-likeness (QED) is 0.299. The van der Waals surface area contributed by atoms with E-state index in [2.05, 4.69) is 15.0 Å². The van der Waals surface area contributed by atoms with Crippen LogP contribution in [0, 0.1) is 17.6 Å². The summed E-state index contributed by atoms with van der Waals surface area (Å²) in [6.07, 6.45) is -1.70. The Morgan fingerprint density at radius 1 is 1.03 bits per heavy atom. The van der Waals surface area contributed by atoms with Crippen LogP contribution in [0.15, 0.2) is 76.4 Å². The van der Waals surface area contributed by atoms with E-state index in [9.17, 15) is 37.0 Å². The largest absolute Gasteiger partial charge is 0.481 e. The molecule has 192 valence electrons. The topological polar surface area (TPSA) is 151 Å². The van der Waals surface area contributed by atoms with Gasteiger partial charge in [0, 0.05) is 12.6 Å². The molecule has 2 atom stereocenters. The van der Waals surface area contributed by atoms with Crippen LogP contribution >= 0.6 is 0 Å². The number of aliphatic hydroxyl groups is 1. The Hall–Kier alpha value is -4.23. The van der Waals surface area contributed by atoms with Crippen LogP contribution in [0.25, 0.3) is 10.9 Å². The molecule has 0 radical (unpaired) electrons. The van der Waals surface area contributed by atoms with Crippen molar-refractivity contribution in [3.8, 4) is 0 Å². The number of sulfonamides is 1. The fourth-order valence-electron chi connectivity index (χ4n) is 3.70. The normalized spacial score (nSPS) is 13.3. The minimum Gasteiger partial charge on any atom is -0.481 e. The Labute approximate surface area is 208 Å². The van der Waals surface area contributed by atoms with Gasteiger partial charge < -0.3 is 10.2 Å². The number of carboxylic acid groups (broad SMARTS) is 1. The van der Waals surface area contributed by atoms with E-state index < -0.39 is 45.2 Å². The Morgan fingerprint density at radius 2 is 1.73 bits per heavy atom. The second-order valence-corrected chi connectivity index (χ2v) is 9.80. The van der Waals surface area contributed by atoms with Gasteiger partial charge in [-0.05, 0) is 48.4 Å². The van der Waals surface area contributed by atoms with Crippen molar-refractivity contribution in [3.63, 3.8) is 0 Å². The molecule has 4 aromatic rings. The Kier molecular flexibility index (Phi) is 7.27. The lowest BCUT2D eigenvalue weighted by atomic mass is 9.93. The van der Waals surface area contributed by atoms with Crippen molar-refractivity contribution in [3.05, 3.63) is 94.3 Å². The number of anilines is 1. The average Bonchev–Trinajstić information content (AvgIpc) is 2.87. The van der Waals surface area contributed by atoms with E-state index in [1.165, 1.54) is 12.1 Å². The van der Waals surface area contributed by atoms with Gasteiger partial charge in [-0.2, -0.15) is 0 Å². The number of nitrogens with one attached hydrogen (secondary N) is 1. The molecule has 13 heteroatoms. The smallest absolute Gasteiger partial charge is 0.309 e. The van der Waals surface area contributed by atoms with Crippen molar-refractivity contribution in [2.75, 3.05) is 4.72 Å². The Morgan fingerprint density at radius 3 is 2.41 bits per heavy atom. The van der Waals surface area contributed by atoms with E-state index >= 15 is 0 Å². The number of rotatable bonds is 9. The van der Waals surface area contributed by atoms with Gasteiger partial charge >= 0.3 is 5.97 Å². The SMILES string of the molecule is O=C(O)[C@@H](CCn1nnc2ccccc2c1=O)[C@H](O)c1ccc(S(=O)(=O)Nc2ccc(F)c(F)c2)cc1. The van der Waals surface area contributed by atoms with Crippen molar-refractivity contribution >= 4 is 32.6 Å². The molecule has 0 aliphatic rings. The lowest BCUT2D eigenvalue weighted by Crippen LogP contribution is -2.29. The third-order valence-corrected chi connectivity index (χ3v) is 7.08. The number of aliphatic hydroxyl groups excluding tert-OH is 1. The fraction of sp³-hybridized carbons (Fsp3) is 0.167. The highest BCUT2D eigenvalue weighted by molar-refractivity contribution is 7.92. The first-order valence-electron chi connectivity index (χ1n) is 10.9. The van der Waals surface area contributed by atoms with Crippen LogP contribution in [-0.2, 0) is 21.4 Å². The number of benzene rings is 3. The highest BCUT2D eigenvalue weighted by Gasteiger charge is 2.28. The number of carboxylic acids is 1. The van der Waals surface area contributed by atoms with Gasteiger partial charge in [0.05, 0.1) is 28.0 Å². The summed E-state index contributed by atoms with van der Waals surface area (Å²) in [7, 11) is -4.18. The van der Waals surface area contributed by atoms with Crippen LogP contribution in [0.1, 0.15) is 18.1 Å². The standard InChI is InChI=1S/C24H20F2N4O6S/c25-19-10-7-15(13-20(19)26)28-37(35,36)16-8-5-14(6-9-16)22(31)18(24(33)34)11-12-30-23(32)17-3-1-2-4-21(17)27-29-30/h1-10,13,18,22,28,31H,11-12H2,(H,33,34)/t18-,22+/m0/s1. The van der Waals surface area contributed by atoms with E-state index in [1.54, 1.807) is 24.3 Å². The maximum atomic E-state index is 13.4. The van der Waals surface area contributed by atoms with Crippen molar-refractivity contribution in [1.82, 2.24) is 15.0 Å². The molecule has 1 aromatic heterocycles. The molecule has 0 fully saturated rings. The van der Waals surface area contributed by atoms with Crippen LogP contribution < -0.4 is 10.3 Å². The Balaban J connectivity index is 1.49. The van der Waals surface area contributed by atoms with Gasteiger partial charge in [-0.15, -0.1) is 5.10 Å². The predicted octanol–water partition coefficient (Wildman–Crippen LogP) is 2.70. The van der Waals surface area contributed by atoms with Crippen molar-refractivity contribution in [2.24, 2.45) is 5.92 Å². The van der Waals surface area contributed by atoms with E-state index in [4.69, 9.17) is 0 Å². The lowest BCUT2D eigenvalue weighted by Gasteiger charge is -2.20. The number of halogens is 2. The van der Waals surface area contributed by atoms with Gasteiger partial charge in [0.2, 0.25) is 0 Å². The van der Waals surface area contributed by atoms with Crippen LogP contribution in [0.2, 0.25) is 0 Å². The van der Waals surface area contributed by atoms with Crippen molar-refractivity contribution in [2.45, 2.75) is 24.0 Å². The molecule has 0 bridgehead atoms. The lowest BCUT2D eigenvalue weighted by molar-refractivity contribution is -0.146. The third-order valence-electron chi connectivity index (χ3n) is 5.68. The molecule has 1 heterocycles. The van der Waals surface area contributed by atoms with Crippen LogP contribution in [0.3, 0.4) is 0 Å². The molecule has 10 nitrogen and oxygen atoms in total. The van der Waals surface area contributed by atoms with Gasteiger partial charge in [-0.25, -0.2) is 21.9 Å². The van der Waals surface area contributed by atoms with Gasteiger partial charge in [-0.3, -0.25) is 14.3 Å². The minimum absolute atomic E-state index is 0.121. The maximum Gasteiger partial charge on any atom is 0.309 e. The van der Waals surface area contributed by atoms with Crippen LogP contribution in [-0.4, -0.2) is 39.6 Å². The number of nitrogens with zero attached hydrogens (tertiary/aromatic N) is 3. The van der Waals surface area contributed by atoms with E-state index in [-0.39, 0.29) is 29.1 Å². The number of hydrogen-bond acceptors (Lipinski definition) is 7.